The van der Waals surface area contributed by atoms with Crippen molar-refractivity contribution in [2.45, 2.75) is 13.2 Å². The lowest BCUT2D eigenvalue weighted by Gasteiger charge is -2.11. The Labute approximate surface area is 210 Å². The predicted octanol–water partition coefficient (Wildman–Crippen LogP) is 3.71. The highest BCUT2D eigenvalue weighted by molar-refractivity contribution is 7.19. The highest BCUT2D eigenvalue weighted by Gasteiger charge is 2.23. The molecule has 0 aliphatic carbocycles. The number of fused-ring (bicyclic) bond motifs is 2. The minimum Gasteiger partial charge on any atom is -0.468 e. The highest BCUT2D eigenvalue weighted by atomic mass is 32.1. The van der Waals surface area contributed by atoms with Crippen molar-refractivity contribution in [3.8, 4) is 23.1 Å². The lowest BCUT2D eigenvalue weighted by molar-refractivity contribution is -0.141. The molecule has 186 valence electrons. The Bertz CT molecular complexity index is 1700. The highest BCUT2D eigenvalue weighted by Crippen LogP contribution is 2.40. The van der Waals surface area contributed by atoms with Crippen LogP contribution < -0.4 is 10.1 Å². The largest absolute Gasteiger partial charge is 0.468 e. The Morgan fingerprint density at radius 2 is 2.14 bits per heavy atom. The van der Waals surface area contributed by atoms with E-state index in [0.717, 1.165) is 11.3 Å². The van der Waals surface area contributed by atoms with E-state index in [0.29, 0.717) is 20.6 Å². The average molecular weight is 523 g/mol. The maximum atomic E-state index is 13.3. The van der Waals surface area contributed by atoms with Gasteiger partial charge in [-0.2, -0.15) is 24.2 Å². The number of amides is 1. The Morgan fingerprint density at radius 1 is 1.30 bits per heavy atom. The number of benzene rings is 1. The number of aromatic nitrogens is 5. The Balaban J connectivity index is 1.63. The van der Waals surface area contributed by atoms with Gasteiger partial charge < -0.3 is 14.8 Å². The van der Waals surface area contributed by atoms with E-state index in [4.69, 9.17) is 4.74 Å². The van der Waals surface area contributed by atoms with E-state index < -0.39 is 18.5 Å². The molecule has 1 amide bonds. The van der Waals surface area contributed by atoms with E-state index in [1.807, 2.05) is 6.07 Å². The average Bonchev–Trinajstić information content (AvgIpc) is 3.59. The topological polar surface area (TPSA) is 136 Å². The summed E-state index contributed by atoms with van der Waals surface area (Å²) < 4.78 is 39.3. The number of hydrogen-bond donors (Lipinski definition) is 1. The number of rotatable bonds is 7. The van der Waals surface area contributed by atoms with Crippen molar-refractivity contribution >= 4 is 44.6 Å². The van der Waals surface area contributed by atoms with Gasteiger partial charge in [-0.3, -0.25) is 14.3 Å². The zero-order chi connectivity index (χ0) is 26.1. The number of nitrogens with one attached hydrogen (secondary N) is 1. The number of methoxy groups -OCH3 is 1. The van der Waals surface area contributed by atoms with Crippen molar-refractivity contribution in [2.24, 2.45) is 0 Å². The lowest BCUT2D eigenvalue weighted by Crippen LogP contribution is -2.13. The first-order valence-corrected chi connectivity index (χ1v) is 11.3. The fourth-order valence-electron chi connectivity index (χ4n) is 3.67. The summed E-state index contributed by atoms with van der Waals surface area (Å²) in [7, 11) is 1.21. The van der Waals surface area contributed by atoms with Gasteiger partial charge in [-0.05, 0) is 29.7 Å². The van der Waals surface area contributed by atoms with Crippen LogP contribution in [0.25, 0.3) is 27.0 Å². The molecule has 0 unspecified atom stereocenters. The normalized spacial score (nSPS) is 11.1. The quantitative estimate of drug-likeness (QED) is 0.319. The Morgan fingerprint density at radius 3 is 2.89 bits per heavy atom. The third-order valence-corrected chi connectivity index (χ3v) is 6.25. The third-order valence-electron chi connectivity index (χ3n) is 5.25. The second-order valence-electron chi connectivity index (χ2n) is 7.55. The van der Waals surface area contributed by atoms with E-state index in [-0.39, 0.29) is 34.8 Å². The summed E-state index contributed by atoms with van der Waals surface area (Å²) in [6, 6.07) is 8.14. The second-order valence-corrected chi connectivity index (χ2v) is 8.64. The summed E-state index contributed by atoms with van der Waals surface area (Å²) in [5.41, 5.74) is 0.750. The van der Waals surface area contributed by atoms with Crippen molar-refractivity contribution in [3.63, 3.8) is 0 Å². The van der Waals surface area contributed by atoms with Gasteiger partial charge in [-0.1, -0.05) is 0 Å². The molecular weight excluding hydrogens is 508 g/mol. The standard InChI is InChI=1S/C23H15F2N7O4S/c1-35-19(33)11-31-10-16(29-22(34)15-9-28-32-4-2-3-27-21(15)32)20(30-31)14-7-18-12(5-13(8-26)37-18)6-17(14)36-23(24)25/h2-7,9-10,23H,11H2,1H3,(H,29,34). The van der Waals surface area contributed by atoms with Crippen LogP contribution in [0.2, 0.25) is 0 Å². The smallest absolute Gasteiger partial charge is 0.387 e. The minimum atomic E-state index is -3.15. The molecule has 1 aromatic carbocycles. The number of esters is 1. The van der Waals surface area contributed by atoms with E-state index in [1.54, 1.807) is 18.3 Å². The van der Waals surface area contributed by atoms with Crippen LogP contribution in [0.5, 0.6) is 5.75 Å². The van der Waals surface area contributed by atoms with Crippen LogP contribution in [0.1, 0.15) is 15.2 Å². The zero-order valence-electron chi connectivity index (χ0n) is 18.9. The summed E-state index contributed by atoms with van der Waals surface area (Å²) in [5, 5.41) is 20.9. The lowest BCUT2D eigenvalue weighted by atomic mass is 10.1. The molecule has 0 fully saturated rings. The van der Waals surface area contributed by atoms with Crippen molar-refractivity contribution in [3.05, 3.63) is 59.5 Å². The van der Waals surface area contributed by atoms with Gasteiger partial charge in [0.1, 0.15) is 34.5 Å². The van der Waals surface area contributed by atoms with Gasteiger partial charge >= 0.3 is 12.6 Å². The molecule has 0 radical (unpaired) electrons. The summed E-state index contributed by atoms with van der Waals surface area (Å²) >= 11 is 1.15. The van der Waals surface area contributed by atoms with Gasteiger partial charge in [0.25, 0.3) is 5.91 Å². The van der Waals surface area contributed by atoms with Crippen molar-refractivity contribution in [2.75, 3.05) is 12.4 Å². The SMILES string of the molecule is COC(=O)Cn1cc(NC(=O)c2cnn3cccnc23)c(-c2cc3sc(C#N)cc3cc2OC(F)F)n1. The number of nitriles is 1. The molecule has 4 heterocycles. The number of ether oxygens (including phenoxy) is 2. The second kappa shape index (κ2) is 9.63. The molecule has 5 rings (SSSR count). The van der Waals surface area contributed by atoms with E-state index >= 15 is 0 Å². The third kappa shape index (κ3) is 4.67. The molecule has 11 nitrogen and oxygen atoms in total. The van der Waals surface area contributed by atoms with Gasteiger partial charge in [0.05, 0.1) is 19.0 Å². The van der Waals surface area contributed by atoms with Crippen LogP contribution in [0.3, 0.4) is 0 Å². The molecule has 0 aliphatic rings. The van der Waals surface area contributed by atoms with Crippen LogP contribution in [0.4, 0.5) is 14.5 Å². The molecule has 0 spiro atoms. The fourth-order valence-corrected chi connectivity index (χ4v) is 4.55. The summed E-state index contributed by atoms with van der Waals surface area (Å²) in [6.07, 6.45) is 5.84. The van der Waals surface area contributed by atoms with Gasteiger partial charge in [0.2, 0.25) is 0 Å². The van der Waals surface area contributed by atoms with Crippen LogP contribution in [-0.2, 0) is 16.1 Å². The zero-order valence-corrected chi connectivity index (χ0v) is 19.7. The maximum absolute atomic E-state index is 13.3. The Hall–Kier alpha value is -4.90. The van der Waals surface area contributed by atoms with Crippen LogP contribution in [0.15, 0.2) is 49.1 Å². The number of thiophene rings is 1. The van der Waals surface area contributed by atoms with Gasteiger partial charge in [0, 0.05) is 28.9 Å². The number of halogens is 2. The van der Waals surface area contributed by atoms with Crippen molar-refractivity contribution in [1.82, 2.24) is 24.4 Å². The van der Waals surface area contributed by atoms with E-state index in [1.165, 1.54) is 47.0 Å². The number of nitrogens with zero attached hydrogens (tertiary/aromatic N) is 6. The summed E-state index contributed by atoms with van der Waals surface area (Å²) in [5.74, 6) is -1.43. The fraction of sp³-hybridized carbons (Fsp3) is 0.130. The molecule has 1 N–H and O–H groups in total. The van der Waals surface area contributed by atoms with Crippen molar-refractivity contribution < 1.29 is 27.8 Å². The van der Waals surface area contributed by atoms with E-state index in [9.17, 15) is 23.6 Å². The number of alkyl halides is 2. The van der Waals surface area contributed by atoms with E-state index in [2.05, 4.69) is 25.2 Å². The molecule has 0 saturated carbocycles. The summed E-state index contributed by atoms with van der Waals surface area (Å²) in [6.45, 7) is -3.45. The number of hydrogen-bond acceptors (Lipinski definition) is 9. The van der Waals surface area contributed by atoms with Crippen LogP contribution in [-0.4, -0.2) is 50.0 Å². The molecule has 0 aliphatic heterocycles. The van der Waals surface area contributed by atoms with Crippen LogP contribution in [0, 0.1) is 11.3 Å². The number of carbonyl (C=O) groups is 2. The first-order valence-electron chi connectivity index (χ1n) is 10.5. The Kier molecular flexibility index (Phi) is 6.20. The minimum absolute atomic E-state index is 0.0612. The monoisotopic (exact) mass is 523 g/mol. The first kappa shape index (κ1) is 23.8. The van der Waals surface area contributed by atoms with Gasteiger partial charge in [0.15, 0.2) is 5.65 Å². The number of anilines is 1. The molecular formula is C23H15F2N7O4S. The molecule has 0 bridgehead atoms. The van der Waals surface area contributed by atoms with Crippen LogP contribution >= 0.6 is 11.3 Å². The van der Waals surface area contributed by atoms with Gasteiger partial charge in [-0.15, -0.1) is 11.3 Å². The first-order chi connectivity index (χ1) is 17.9. The predicted molar refractivity (Wildman–Crippen MR) is 127 cm³/mol. The molecule has 37 heavy (non-hydrogen) atoms. The maximum Gasteiger partial charge on any atom is 0.387 e. The van der Waals surface area contributed by atoms with Gasteiger partial charge in [-0.25, -0.2) is 9.50 Å². The van der Waals surface area contributed by atoms with Crippen molar-refractivity contribution in [1.29, 1.82) is 5.26 Å². The molecule has 14 heteroatoms. The molecule has 0 atom stereocenters. The summed E-state index contributed by atoms with van der Waals surface area (Å²) in [4.78, 5) is 29.6. The molecule has 5 aromatic rings. The number of carbonyl (C=O) groups excluding carboxylic acids is 2. The molecule has 4 aromatic heterocycles. The molecule has 0 saturated heterocycles.